The van der Waals surface area contributed by atoms with Gasteiger partial charge in [-0.15, -0.1) is 0 Å². The SMILES string of the molecule is CC[C@@H]1CCCN2CNC[C@H](C)C(=O)N12. The molecule has 0 bridgehead atoms. The molecule has 0 aromatic carbocycles. The molecule has 2 heterocycles. The second-order valence-corrected chi connectivity index (χ2v) is 4.63. The molecule has 86 valence electrons. The number of nitrogens with one attached hydrogen (secondary N) is 1. The third-order valence-electron chi connectivity index (χ3n) is 3.47. The molecule has 2 fully saturated rings. The highest BCUT2D eigenvalue weighted by atomic mass is 16.2. The summed E-state index contributed by atoms with van der Waals surface area (Å²) >= 11 is 0. The summed E-state index contributed by atoms with van der Waals surface area (Å²) in [5, 5.41) is 7.54. The van der Waals surface area contributed by atoms with Gasteiger partial charge in [0.15, 0.2) is 0 Å². The van der Waals surface area contributed by atoms with Gasteiger partial charge < -0.3 is 5.32 Å². The smallest absolute Gasteiger partial charge is 0.241 e. The minimum absolute atomic E-state index is 0.113. The van der Waals surface area contributed by atoms with Crippen LogP contribution in [0.25, 0.3) is 0 Å². The number of nitrogens with zero attached hydrogens (tertiary/aromatic N) is 2. The van der Waals surface area contributed by atoms with E-state index in [1.807, 2.05) is 11.9 Å². The Morgan fingerprint density at radius 2 is 2.33 bits per heavy atom. The van der Waals surface area contributed by atoms with Crippen molar-refractivity contribution in [1.29, 1.82) is 0 Å². The quantitative estimate of drug-likeness (QED) is 0.697. The van der Waals surface area contributed by atoms with Crippen molar-refractivity contribution in [3.63, 3.8) is 0 Å². The first-order valence-corrected chi connectivity index (χ1v) is 6.02. The van der Waals surface area contributed by atoms with Gasteiger partial charge in [0.05, 0.1) is 6.67 Å². The second-order valence-electron chi connectivity index (χ2n) is 4.63. The lowest BCUT2D eigenvalue weighted by molar-refractivity contribution is -0.163. The normalized spacial score (nSPS) is 33.7. The standard InChI is InChI=1S/C11H21N3O/c1-3-10-5-4-6-13-8-12-7-9(2)11(15)14(10)13/h9-10,12H,3-8H2,1-2H3/t9-,10+/m0/s1. The molecule has 0 saturated carbocycles. The topological polar surface area (TPSA) is 35.6 Å². The summed E-state index contributed by atoms with van der Waals surface area (Å²) in [6.07, 6.45) is 3.43. The molecule has 0 spiro atoms. The van der Waals surface area contributed by atoms with Gasteiger partial charge in [0.1, 0.15) is 0 Å². The number of carbonyl (C=O) groups is 1. The number of carbonyl (C=O) groups excluding carboxylic acids is 1. The van der Waals surface area contributed by atoms with Crippen molar-refractivity contribution in [3.8, 4) is 0 Å². The molecule has 2 aliphatic rings. The van der Waals surface area contributed by atoms with E-state index < -0.39 is 0 Å². The summed E-state index contributed by atoms with van der Waals surface area (Å²) < 4.78 is 0. The summed E-state index contributed by atoms with van der Waals surface area (Å²) in [4.78, 5) is 12.2. The lowest BCUT2D eigenvalue weighted by Gasteiger charge is -2.43. The van der Waals surface area contributed by atoms with Crippen molar-refractivity contribution in [3.05, 3.63) is 0 Å². The molecular weight excluding hydrogens is 190 g/mol. The minimum atomic E-state index is 0.113. The predicted molar refractivity (Wildman–Crippen MR) is 58.9 cm³/mol. The molecule has 0 aromatic heterocycles. The zero-order valence-corrected chi connectivity index (χ0v) is 9.70. The van der Waals surface area contributed by atoms with Gasteiger partial charge in [0.2, 0.25) is 5.91 Å². The number of hydrogen-bond donors (Lipinski definition) is 1. The maximum absolute atomic E-state index is 12.2. The number of fused-ring (bicyclic) bond motifs is 1. The van der Waals surface area contributed by atoms with Crippen LogP contribution < -0.4 is 5.32 Å². The van der Waals surface area contributed by atoms with Crippen LogP contribution in [0.15, 0.2) is 0 Å². The van der Waals surface area contributed by atoms with Gasteiger partial charge >= 0.3 is 0 Å². The Morgan fingerprint density at radius 1 is 1.53 bits per heavy atom. The molecule has 0 radical (unpaired) electrons. The zero-order valence-electron chi connectivity index (χ0n) is 9.70. The number of hydrazine groups is 1. The first-order valence-electron chi connectivity index (χ1n) is 6.02. The summed E-state index contributed by atoms with van der Waals surface area (Å²) in [5.41, 5.74) is 0. The number of hydrogen-bond acceptors (Lipinski definition) is 3. The maximum atomic E-state index is 12.2. The second kappa shape index (κ2) is 4.49. The van der Waals surface area contributed by atoms with E-state index >= 15 is 0 Å². The van der Waals surface area contributed by atoms with E-state index in [2.05, 4.69) is 17.2 Å². The summed E-state index contributed by atoms with van der Waals surface area (Å²) in [6.45, 7) is 6.83. The van der Waals surface area contributed by atoms with Crippen LogP contribution in [0.3, 0.4) is 0 Å². The Bertz CT molecular complexity index is 244. The van der Waals surface area contributed by atoms with Crippen molar-refractivity contribution in [2.24, 2.45) is 5.92 Å². The van der Waals surface area contributed by atoms with Gasteiger partial charge in [-0.25, -0.2) is 5.01 Å². The summed E-state index contributed by atoms with van der Waals surface area (Å²) in [7, 11) is 0. The van der Waals surface area contributed by atoms with Crippen molar-refractivity contribution in [2.45, 2.75) is 39.2 Å². The average Bonchev–Trinajstić information content (AvgIpc) is 2.40. The van der Waals surface area contributed by atoms with E-state index in [9.17, 15) is 4.79 Å². The van der Waals surface area contributed by atoms with Crippen LogP contribution in [-0.2, 0) is 4.79 Å². The first kappa shape index (κ1) is 10.9. The van der Waals surface area contributed by atoms with Crippen LogP contribution >= 0.6 is 0 Å². The molecule has 1 N–H and O–H groups in total. The fourth-order valence-electron chi connectivity index (χ4n) is 2.55. The maximum Gasteiger partial charge on any atom is 0.241 e. The van der Waals surface area contributed by atoms with Gasteiger partial charge in [-0.1, -0.05) is 13.8 Å². The Labute approximate surface area is 91.6 Å². The van der Waals surface area contributed by atoms with E-state index in [1.165, 1.54) is 6.42 Å². The van der Waals surface area contributed by atoms with Crippen LogP contribution in [-0.4, -0.2) is 41.7 Å². The Balaban J connectivity index is 2.18. The molecule has 0 aromatic rings. The van der Waals surface area contributed by atoms with E-state index in [4.69, 9.17) is 0 Å². The lowest BCUT2D eigenvalue weighted by atomic mass is 10.0. The van der Waals surface area contributed by atoms with E-state index in [1.54, 1.807) is 0 Å². The van der Waals surface area contributed by atoms with E-state index in [-0.39, 0.29) is 5.92 Å². The average molecular weight is 211 g/mol. The third kappa shape index (κ3) is 2.01. The van der Waals surface area contributed by atoms with Gasteiger partial charge in [-0.2, -0.15) is 0 Å². The molecular formula is C11H21N3O. The zero-order chi connectivity index (χ0) is 10.8. The molecule has 2 aliphatic heterocycles. The van der Waals surface area contributed by atoms with Crippen LogP contribution in [0, 0.1) is 5.92 Å². The molecule has 0 unspecified atom stereocenters. The molecule has 4 heteroatoms. The van der Waals surface area contributed by atoms with Gasteiger partial charge in [-0.3, -0.25) is 9.80 Å². The van der Waals surface area contributed by atoms with Crippen LogP contribution in [0.1, 0.15) is 33.1 Å². The Kier molecular flexibility index (Phi) is 3.26. The fraction of sp³-hybridized carbons (Fsp3) is 0.909. The largest absolute Gasteiger partial charge is 0.302 e. The van der Waals surface area contributed by atoms with Crippen LogP contribution in [0.4, 0.5) is 0 Å². The monoisotopic (exact) mass is 211 g/mol. The number of amides is 1. The molecule has 2 atom stereocenters. The lowest BCUT2D eigenvalue weighted by Crippen LogP contribution is -2.56. The molecule has 4 nitrogen and oxygen atoms in total. The Morgan fingerprint density at radius 3 is 3.07 bits per heavy atom. The summed E-state index contributed by atoms with van der Waals surface area (Å²) in [6, 6.07) is 0.425. The highest BCUT2D eigenvalue weighted by Gasteiger charge is 2.35. The molecule has 0 aliphatic carbocycles. The number of rotatable bonds is 1. The van der Waals surface area contributed by atoms with E-state index in [0.29, 0.717) is 11.9 Å². The van der Waals surface area contributed by atoms with Gasteiger partial charge in [0, 0.05) is 25.0 Å². The highest BCUT2D eigenvalue weighted by molar-refractivity contribution is 5.78. The van der Waals surface area contributed by atoms with Crippen molar-refractivity contribution < 1.29 is 4.79 Å². The highest BCUT2D eigenvalue weighted by Crippen LogP contribution is 2.23. The van der Waals surface area contributed by atoms with Gasteiger partial charge in [0.25, 0.3) is 0 Å². The minimum Gasteiger partial charge on any atom is -0.302 e. The third-order valence-corrected chi connectivity index (χ3v) is 3.47. The van der Waals surface area contributed by atoms with Crippen molar-refractivity contribution in [1.82, 2.24) is 15.3 Å². The molecule has 2 saturated heterocycles. The molecule has 15 heavy (non-hydrogen) atoms. The first-order chi connectivity index (χ1) is 7.24. The predicted octanol–water partition coefficient (Wildman–Crippen LogP) is 0.801. The van der Waals surface area contributed by atoms with Gasteiger partial charge in [-0.05, 0) is 19.3 Å². The van der Waals surface area contributed by atoms with Crippen molar-refractivity contribution >= 4 is 5.91 Å². The Hall–Kier alpha value is -0.610. The van der Waals surface area contributed by atoms with Crippen LogP contribution in [0.2, 0.25) is 0 Å². The molecule has 2 rings (SSSR count). The fourth-order valence-corrected chi connectivity index (χ4v) is 2.55. The summed E-state index contributed by atoms with van der Waals surface area (Å²) in [5.74, 6) is 0.411. The van der Waals surface area contributed by atoms with Crippen molar-refractivity contribution in [2.75, 3.05) is 19.8 Å². The molecule has 1 amide bonds. The van der Waals surface area contributed by atoms with E-state index in [0.717, 1.165) is 32.6 Å². The van der Waals surface area contributed by atoms with Crippen LogP contribution in [0.5, 0.6) is 0 Å².